The molecular weight excluding hydrogens is 336 g/mol. The number of carbonyl (C=O) groups is 1. The van der Waals surface area contributed by atoms with E-state index in [-0.39, 0.29) is 11.8 Å². The number of carbonyl (C=O) groups excluding carboxylic acids is 1. The number of hydrogen-bond donors (Lipinski definition) is 2. The first kappa shape index (κ1) is 18.9. The van der Waals surface area contributed by atoms with Crippen LogP contribution in [-0.4, -0.2) is 42.1 Å². The van der Waals surface area contributed by atoms with E-state index in [0.29, 0.717) is 18.4 Å². The van der Waals surface area contributed by atoms with Crippen LogP contribution in [0.25, 0.3) is 0 Å². The van der Waals surface area contributed by atoms with E-state index < -0.39 is 5.60 Å². The maximum Gasteiger partial charge on any atom is 0.256 e. The lowest BCUT2D eigenvalue weighted by Crippen LogP contribution is -2.49. The van der Waals surface area contributed by atoms with Crippen molar-refractivity contribution < 1.29 is 9.90 Å². The molecule has 4 rings (SSSR count). The summed E-state index contributed by atoms with van der Waals surface area (Å²) in [5.74, 6) is 2.62. The zero-order valence-corrected chi connectivity index (χ0v) is 16.7. The molecule has 0 aromatic heterocycles. The summed E-state index contributed by atoms with van der Waals surface area (Å²) in [5.41, 5.74) is -0.640. The summed E-state index contributed by atoms with van der Waals surface area (Å²) in [6.07, 6.45) is 4.06. The Morgan fingerprint density at radius 3 is 2.41 bits per heavy atom. The highest BCUT2D eigenvalue weighted by Gasteiger charge is 2.55. The standard InChI is InChI=1S/C23H34N2O2/c1-16(2)13-25-14-20-19(21(20)15-25)12-24-22(26)23(27,18-10-6-7-11-18)17-8-4-3-5-9-17/h3-5,8-9,16,18-21,27H,6-7,10-15H2,1-2H3,(H,24,26). The van der Waals surface area contributed by atoms with Crippen molar-refractivity contribution in [2.45, 2.75) is 45.1 Å². The third-order valence-corrected chi connectivity index (χ3v) is 7.07. The number of piperidine rings is 1. The van der Waals surface area contributed by atoms with Crippen LogP contribution in [0.2, 0.25) is 0 Å². The zero-order chi connectivity index (χ0) is 19.0. The maximum atomic E-state index is 13.1. The fourth-order valence-corrected chi connectivity index (χ4v) is 5.64. The Kier molecular flexibility index (Phi) is 5.30. The first-order valence-corrected chi connectivity index (χ1v) is 10.8. The molecule has 0 bridgehead atoms. The molecule has 0 radical (unpaired) electrons. The van der Waals surface area contributed by atoms with Crippen LogP contribution >= 0.6 is 0 Å². The van der Waals surface area contributed by atoms with E-state index in [0.717, 1.165) is 43.1 Å². The number of hydrogen-bond acceptors (Lipinski definition) is 3. The van der Waals surface area contributed by atoms with Gasteiger partial charge >= 0.3 is 0 Å². The zero-order valence-electron chi connectivity index (χ0n) is 16.7. The highest BCUT2D eigenvalue weighted by Crippen LogP contribution is 2.51. The van der Waals surface area contributed by atoms with Crippen LogP contribution in [0.15, 0.2) is 30.3 Å². The second kappa shape index (κ2) is 7.56. The normalized spacial score (nSPS) is 30.3. The van der Waals surface area contributed by atoms with Gasteiger partial charge < -0.3 is 15.3 Å². The summed E-state index contributed by atoms with van der Waals surface area (Å²) in [6, 6.07) is 9.56. The van der Waals surface area contributed by atoms with Crippen molar-refractivity contribution in [3.05, 3.63) is 35.9 Å². The third-order valence-electron chi connectivity index (χ3n) is 7.07. The molecule has 27 heavy (non-hydrogen) atoms. The highest BCUT2D eigenvalue weighted by atomic mass is 16.3. The van der Waals surface area contributed by atoms with E-state index in [1.54, 1.807) is 0 Å². The van der Waals surface area contributed by atoms with Gasteiger partial charge in [-0.1, -0.05) is 57.0 Å². The van der Waals surface area contributed by atoms with E-state index in [9.17, 15) is 9.90 Å². The largest absolute Gasteiger partial charge is 0.375 e. The molecule has 4 nitrogen and oxygen atoms in total. The SMILES string of the molecule is CC(C)CN1CC2C(CNC(=O)C(O)(c3ccccc3)C3CCCC3)C2C1. The van der Waals surface area contributed by atoms with E-state index in [4.69, 9.17) is 0 Å². The Labute approximate surface area is 163 Å². The molecule has 0 spiro atoms. The van der Waals surface area contributed by atoms with Crippen molar-refractivity contribution in [2.75, 3.05) is 26.2 Å². The molecule has 1 saturated heterocycles. The van der Waals surface area contributed by atoms with Gasteiger partial charge in [0, 0.05) is 32.1 Å². The average molecular weight is 371 g/mol. The van der Waals surface area contributed by atoms with Gasteiger partial charge in [0.1, 0.15) is 0 Å². The fourth-order valence-electron chi connectivity index (χ4n) is 5.64. The molecule has 1 amide bonds. The molecule has 3 atom stereocenters. The fraction of sp³-hybridized carbons (Fsp3) is 0.696. The first-order chi connectivity index (χ1) is 13.0. The van der Waals surface area contributed by atoms with Crippen molar-refractivity contribution in [1.82, 2.24) is 10.2 Å². The van der Waals surface area contributed by atoms with Crippen molar-refractivity contribution in [3.8, 4) is 0 Å². The maximum absolute atomic E-state index is 13.1. The monoisotopic (exact) mass is 370 g/mol. The van der Waals surface area contributed by atoms with E-state index in [1.807, 2.05) is 30.3 Å². The number of nitrogens with zero attached hydrogens (tertiary/aromatic N) is 1. The molecule has 4 heteroatoms. The van der Waals surface area contributed by atoms with Gasteiger partial charge in [-0.25, -0.2) is 0 Å². The average Bonchev–Trinajstić information content (AvgIpc) is 3.06. The number of fused-ring (bicyclic) bond motifs is 1. The minimum atomic E-state index is -1.38. The number of nitrogens with one attached hydrogen (secondary N) is 1. The second-order valence-electron chi connectivity index (χ2n) is 9.43. The molecule has 1 aromatic carbocycles. The van der Waals surface area contributed by atoms with Crippen LogP contribution in [0.4, 0.5) is 0 Å². The summed E-state index contributed by atoms with van der Waals surface area (Å²) in [4.78, 5) is 15.7. The number of amides is 1. The second-order valence-corrected chi connectivity index (χ2v) is 9.43. The molecule has 2 saturated carbocycles. The molecule has 3 aliphatic rings. The van der Waals surface area contributed by atoms with Gasteiger partial charge in [-0.05, 0) is 42.1 Å². The smallest absolute Gasteiger partial charge is 0.256 e. The Bertz CT molecular complexity index is 644. The summed E-state index contributed by atoms with van der Waals surface area (Å²) in [7, 11) is 0. The molecule has 1 heterocycles. The third kappa shape index (κ3) is 3.66. The Morgan fingerprint density at radius 1 is 1.19 bits per heavy atom. The molecule has 2 aliphatic carbocycles. The number of likely N-dealkylation sites (tertiary alicyclic amines) is 1. The lowest BCUT2D eigenvalue weighted by Gasteiger charge is -2.33. The topological polar surface area (TPSA) is 52.6 Å². The molecule has 3 unspecified atom stereocenters. The van der Waals surface area contributed by atoms with E-state index in [2.05, 4.69) is 24.1 Å². The lowest BCUT2D eigenvalue weighted by atomic mass is 9.79. The molecule has 3 fully saturated rings. The molecule has 1 aliphatic heterocycles. The molecule has 148 valence electrons. The summed E-state index contributed by atoms with van der Waals surface area (Å²) >= 11 is 0. The van der Waals surface area contributed by atoms with Gasteiger partial charge in [-0.2, -0.15) is 0 Å². The van der Waals surface area contributed by atoms with Crippen LogP contribution in [0.3, 0.4) is 0 Å². The van der Waals surface area contributed by atoms with Crippen molar-refractivity contribution >= 4 is 5.91 Å². The minimum absolute atomic E-state index is 0.0279. The molecule has 1 aromatic rings. The summed E-state index contributed by atoms with van der Waals surface area (Å²) < 4.78 is 0. The molecule has 2 N–H and O–H groups in total. The van der Waals surface area contributed by atoms with E-state index in [1.165, 1.54) is 19.6 Å². The number of rotatable bonds is 7. The van der Waals surface area contributed by atoms with Crippen molar-refractivity contribution in [1.29, 1.82) is 0 Å². The Hall–Kier alpha value is -1.39. The van der Waals surface area contributed by atoms with Gasteiger partial charge in [0.25, 0.3) is 5.91 Å². The quantitative estimate of drug-likeness (QED) is 0.776. The van der Waals surface area contributed by atoms with Crippen molar-refractivity contribution in [2.24, 2.45) is 29.6 Å². The highest BCUT2D eigenvalue weighted by molar-refractivity contribution is 5.86. The van der Waals surface area contributed by atoms with Crippen molar-refractivity contribution in [3.63, 3.8) is 0 Å². The lowest BCUT2D eigenvalue weighted by molar-refractivity contribution is -0.147. The van der Waals surface area contributed by atoms with Gasteiger partial charge in [0.05, 0.1) is 0 Å². The summed E-state index contributed by atoms with van der Waals surface area (Å²) in [5, 5.41) is 14.6. The van der Waals surface area contributed by atoms with Crippen LogP contribution in [0, 0.1) is 29.6 Å². The van der Waals surface area contributed by atoms with Gasteiger partial charge in [-0.15, -0.1) is 0 Å². The number of aliphatic hydroxyl groups is 1. The Morgan fingerprint density at radius 2 is 1.81 bits per heavy atom. The van der Waals surface area contributed by atoms with Crippen LogP contribution in [0.1, 0.15) is 45.1 Å². The van der Waals surface area contributed by atoms with Crippen LogP contribution in [0.5, 0.6) is 0 Å². The van der Waals surface area contributed by atoms with Crippen LogP contribution in [-0.2, 0) is 10.4 Å². The van der Waals surface area contributed by atoms with Gasteiger partial charge in [0.15, 0.2) is 5.60 Å². The van der Waals surface area contributed by atoms with E-state index >= 15 is 0 Å². The predicted molar refractivity (Wildman–Crippen MR) is 107 cm³/mol. The van der Waals surface area contributed by atoms with Gasteiger partial charge in [-0.3, -0.25) is 4.79 Å². The predicted octanol–water partition coefficient (Wildman–Crippen LogP) is 3.01. The summed E-state index contributed by atoms with van der Waals surface area (Å²) in [6.45, 7) is 8.79. The Balaban J connectivity index is 1.37. The van der Waals surface area contributed by atoms with Crippen LogP contribution < -0.4 is 5.32 Å². The van der Waals surface area contributed by atoms with Gasteiger partial charge in [0.2, 0.25) is 0 Å². The molecular formula is C23H34N2O2. The number of benzene rings is 1. The first-order valence-electron chi connectivity index (χ1n) is 10.8. The minimum Gasteiger partial charge on any atom is -0.375 e.